The van der Waals surface area contributed by atoms with E-state index in [2.05, 4.69) is 5.32 Å². The van der Waals surface area contributed by atoms with Gasteiger partial charge in [0.2, 0.25) is 15.9 Å². The van der Waals surface area contributed by atoms with E-state index in [-0.39, 0.29) is 5.91 Å². The van der Waals surface area contributed by atoms with E-state index in [1.54, 1.807) is 25.1 Å². The second-order valence-electron chi connectivity index (χ2n) is 6.84. The van der Waals surface area contributed by atoms with Crippen molar-refractivity contribution >= 4 is 27.3 Å². The van der Waals surface area contributed by atoms with Crippen LogP contribution in [0.25, 0.3) is 0 Å². The molecule has 0 aliphatic rings. The van der Waals surface area contributed by atoms with Gasteiger partial charge < -0.3 is 5.32 Å². The van der Waals surface area contributed by atoms with Crippen molar-refractivity contribution in [3.63, 3.8) is 0 Å². The number of sulfonamides is 1. The van der Waals surface area contributed by atoms with Gasteiger partial charge in [-0.15, -0.1) is 0 Å². The van der Waals surface area contributed by atoms with Gasteiger partial charge in [-0.3, -0.25) is 9.10 Å². The number of hydrogen-bond donors (Lipinski definition) is 1. The Bertz CT molecular complexity index is 913. The Kier molecular flexibility index (Phi) is 5.76. The number of amides is 1. The molecule has 0 fully saturated rings. The van der Waals surface area contributed by atoms with Crippen molar-refractivity contribution in [3.8, 4) is 0 Å². The van der Waals surface area contributed by atoms with Crippen LogP contribution in [0.4, 0.5) is 11.4 Å². The van der Waals surface area contributed by atoms with Crippen LogP contribution in [0.15, 0.2) is 36.4 Å². The van der Waals surface area contributed by atoms with Gasteiger partial charge in [0.25, 0.3) is 0 Å². The lowest BCUT2D eigenvalue weighted by Gasteiger charge is -2.29. The molecule has 0 bridgehead atoms. The third kappa shape index (κ3) is 4.43. The molecule has 1 amide bonds. The van der Waals surface area contributed by atoms with E-state index in [4.69, 9.17) is 0 Å². The highest BCUT2D eigenvalue weighted by atomic mass is 32.2. The molecule has 2 aromatic rings. The van der Waals surface area contributed by atoms with Crippen molar-refractivity contribution in [2.45, 2.75) is 40.7 Å². The van der Waals surface area contributed by atoms with E-state index < -0.39 is 16.1 Å². The Hall–Kier alpha value is -2.34. The van der Waals surface area contributed by atoms with E-state index in [9.17, 15) is 13.2 Å². The highest BCUT2D eigenvalue weighted by Gasteiger charge is 2.29. The van der Waals surface area contributed by atoms with Crippen molar-refractivity contribution < 1.29 is 13.2 Å². The van der Waals surface area contributed by atoms with Crippen LogP contribution in [0.3, 0.4) is 0 Å². The summed E-state index contributed by atoms with van der Waals surface area (Å²) in [5, 5.41) is 2.90. The molecule has 6 heteroatoms. The number of aryl methyl sites for hydroxylation is 4. The number of nitrogens with one attached hydrogen (secondary N) is 1. The molecule has 1 atom stereocenters. The number of carbonyl (C=O) groups excluding carboxylic acids is 1. The molecule has 2 rings (SSSR count). The predicted octanol–water partition coefficient (Wildman–Crippen LogP) is 3.71. The van der Waals surface area contributed by atoms with Crippen LogP contribution in [0.1, 0.15) is 29.2 Å². The second kappa shape index (κ2) is 7.50. The number of nitrogens with zero attached hydrogens (tertiary/aromatic N) is 1. The van der Waals surface area contributed by atoms with Gasteiger partial charge in [-0.25, -0.2) is 8.42 Å². The Morgan fingerprint density at radius 3 is 2.08 bits per heavy atom. The number of carbonyl (C=O) groups is 1. The van der Waals surface area contributed by atoms with Gasteiger partial charge in [-0.2, -0.15) is 0 Å². The molecule has 5 nitrogen and oxygen atoms in total. The van der Waals surface area contributed by atoms with Gasteiger partial charge in [0.05, 0.1) is 11.9 Å². The van der Waals surface area contributed by atoms with Gasteiger partial charge in [0.1, 0.15) is 6.04 Å². The zero-order valence-electron chi connectivity index (χ0n) is 16.1. The molecule has 0 aliphatic heterocycles. The van der Waals surface area contributed by atoms with Crippen molar-refractivity contribution in [1.29, 1.82) is 0 Å². The molecule has 2 aromatic carbocycles. The molecule has 0 spiro atoms. The number of hydrogen-bond acceptors (Lipinski definition) is 3. The summed E-state index contributed by atoms with van der Waals surface area (Å²) in [5.74, 6) is -0.369. The van der Waals surface area contributed by atoms with Gasteiger partial charge in [0, 0.05) is 5.69 Å². The van der Waals surface area contributed by atoms with Crippen LogP contribution in [0.2, 0.25) is 0 Å². The average molecular weight is 375 g/mol. The zero-order chi connectivity index (χ0) is 19.6. The van der Waals surface area contributed by atoms with Crippen LogP contribution in [0, 0.1) is 27.7 Å². The molecular weight excluding hydrogens is 348 g/mol. The van der Waals surface area contributed by atoms with Crippen LogP contribution in [-0.4, -0.2) is 26.6 Å². The van der Waals surface area contributed by atoms with E-state index >= 15 is 0 Å². The first-order valence-electron chi connectivity index (χ1n) is 8.45. The zero-order valence-corrected chi connectivity index (χ0v) is 16.9. The molecule has 0 saturated heterocycles. The summed E-state index contributed by atoms with van der Waals surface area (Å²) >= 11 is 0. The van der Waals surface area contributed by atoms with Gasteiger partial charge in [-0.1, -0.05) is 29.8 Å². The largest absolute Gasteiger partial charge is 0.324 e. The lowest BCUT2D eigenvalue weighted by atomic mass is 10.0. The summed E-state index contributed by atoms with van der Waals surface area (Å²) < 4.78 is 25.9. The summed E-state index contributed by atoms with van der Waals surface area (Å²) in [7, 11) is -3.63. The van der Waals surface area contributed by atoms with E-state index in [0.717, 1.165) is 38.5 Å². The minimum absolute atomic E-state index is 0.369. The summed E-state index contributed by atoms with van der Waals surface area (Å²) in [4.78, 5) is 12.8. The molecule has 26 heavy (non-hydrogen) atoms. The maximum Gasteiger partial charge on any atom is 0.248 e. The van der Waals surface area contributed by atoms with E-state index in [0.29, 0.717) is 5.69 Å². The van der Waals surface area contributed by atoms with Crippen LogP contribution >= 0.6 is 0 Å². The summed E-state index contributed by atoms with van der Waals surface area (Å²) in [6.45, 7) is 9.33. The first-order valence-corrected chi connectivity index (χ1v) is 10.3. The summed E-state index contributed by atoms with van der Waals surface area (Å²) in [6, 6.07) is 10.2. The van der Waals surface area contributed by atoms with Gasteiger partial charge in [0.15, 0.2) is 0 Å². The molecule has 1 unspecified atom stereocenters. The van der Waals surface area contributed by atoms with Crippen molar-refractivity contribution in [3.05, 3.63) is 58.7 Å². The minimum atomic E-state index is -3.63. The Morgan fingerprint density at radius 1 is 1.00 bits per heavy atom. The topological polar surface area (TPSA) is 66.5 Å². The predicted molar refractivity (Wildman–Crippen MR) is 107 cm³/mol. The Balaban J connectivity index is 2.38. The van der Waals surface area contributed by atoms with E-state index in [1.165, 1.54) is 0 Å². The first-order chi connectivity index (χ1) is 12.0. The average Bonchev–Trinajstić information content (AvgIpc) is 2.49. The molecule has 0 aromatic heterocycles. The van der Waals surface area contributed by atoms with Crippen molar-refractivity contribution in [1.82, 2.24) is 0 Å². The molecule has 0 aliphatic carbocycles. The van der Waals surface area contributed by atoms with Crippen molar-refractivity contribution in [2.24, 2.45) is 0 Å². The maximum absolute atomic E-state index is 12.8. The first kappa shape index (κ1) is 20.0. The number of benzene rings is 2. The highest BCUT2D eigenvalue weighted by Crippen LogP contribution is 2.25. The Labute approximate surface area is 156 Å². The van der Waals surface area contributed by atoms with Gasteiger partial charge >= 0.3 is 0 Å². The molecule has 140 valence electrons. The SMILES string of the molecule is Cc1cccc(N(C(C)C(=O)Nc2c(C)cc(C)cc2C)S(C)(=O)=O)c1. The highest BCUT2D eigenvalue weighted by molar-refractivity contribution is 7.92. The maximum atomic E-state index is 12.8. The quantitative estimate of drug-likeness (QED) is 0.867. The normalized spacial score (nSPS) is 12.5. The van der Waals surface area contributed by atoms with Gasteiger partial charge in [-0.05, 0) is 63.4 Å². The minimum Gasteiger partial charge on any atom is -0.324 e. The fourth-order valence-electron chi connectivity index (χ4n) is 3.18. The molecule has 0 radical (unpaired) electrons. The monoisotopic (exact) mass is 374 g/mol. The molecule has 0 saturated carbocycles. The second-order valence-corrected chi connectivity index (χ2v) is 8.70. The molecule has 0 heterocycles. The third-order valence-corrected chi connectivity index (χ3v) is 5.51. The van der Waals surface area contributed by atoms with Crippen LogP contribution in [-0.2, 0) is 14.8 Å². The lowest BCUT2D eigenvalue weighted by Crippen LogP contribution is -2.45. The summed E-state index contributed by atoms with van der Waals surface area (Å²) in [6.07, 6.45) is 1.11. The van der Waals surface area contributed by atoms with E-state index in [1.807, 2.05) is 45.9 Å². The van der Waals surface area contributed by atoms with Crippen molar-refractivity contribution in [2.75, 3.05) is 15.9 Å². The summed E-state index contributed by atoms with van der Waals surface area (Å²) in [5.41, 5.74) is 5.14. The standard InChI is InChI=1S/C20H26N2O3S/c1-13-8-7-9-18(12-13)22(26(6,24)25)17(5)20(23)21-19-15(3)10-14(2)11-16(19)4/h7-12,17H,1-6H3,(H,21,23). The number of anilines is 2. The fourth-order valence-corrected chi connectivity index (χ4v) is 4.35. The lowest BCUT2D eigenvalue weighted by molar-refractivity contribution is -0.116. The number of rotatable bonds is 5. The molecule has 1 N–H and O–H groups in total. The third-order valence-electron chi connectivity index (χ3n) is 4.27. The van der Waals surface area contributed by atoms with Crippen LogP contribution < -0.4 is 9.62 Å². The molecular formula is C20H26N2O3S. The fraction of sp³-hybridized carbons (Fsp3) is 0.350. The smallest absolute Gasteiger partial charge is 0.248 e. The van der Waals surface area contributed by atoms with Crippen LogP contribution in [0.5, 0.6) is 0 Å². The Morgan fingerprint density at radius 2 is 1.58 bits per heavy atom.